The van der Waals surface area contributed by atoms with Crippen LogP contribution in [0.25, 0.3) is 0 Å². The molecular formula is C31H47N7O4S. The molecule has 0 saturated carbocycles. The molecule has 0 bridgehead atoms. The molecule has 11 nitrogen and oxygen atoms in total. The molecule has 3 aliphatic heterocycles. The first-order valence-electron chi connectivity index (χ1n) is 15.3. The molecule has 43 heavy (non-hydrogen) atoms. The van der Waals surface area contributed by atoms with Gasteiger partial charge in [0.25, 0.3) is 5.91 Å². The second kappa shape index (κ2) is 14.4. The number of carbonyl (C=O) groups excluding carboxylic acids is 1. The number of hydrogen-bond acceptors (Lipinski definition) is 9. The van der Waals surface area contributed by atoms with Crippen molar-refractivity contribution < 1.29 is 17.9 Å². The van der Waals surface area contributed by atoms with E-state index in [9.17, 15) is 13.2 Å². The number of amides is 1. The highest BCUT2D eigenvalue weighted by atomic mass is 32.2. The van der Waals surface area contributed by atoms with Crippen LogP contribution in [-0.2, 0) is 27.8 Å². The van der Waals surface area contributed by atoms with E-state index in [0.717, 1.165) is 65.3 Å². The van der Waals surface area contributed by atoms with Crippen molar-refractivity contribution in [3.63, 3.8) is 0 Å². The summed E-state index contributed by atoms with van der Waals surface area (Å²) in [6.45, 7) is 9.89. The third kappa shape index (κ3) is 7.86. The van der Waals surface area contributed by atoms with Crippen molar-refractivity contribution in [3.8, 4) is 5.75 Å². The van der Waals surface area contributed by atoms with Crippen molar-refractivity contribution >= 4 is 21.6 Å². The zero-order chi connectivity index (χ0) is 30.4. The molecular weight excluding hydrogens is 566 g/mol. The smallest absolute Gasteiger partial charge is 0.257 e. The van der Waals surface area contributed by atoms with Crippen LogP contribution in [-0.4, -0.2) is 139 Å². The number of rotatable bonds is 11. The standard InChI is InChI=1S/C31H47N7O4S/c1-34(2)43(40,41)31-28(38-19-17-35(3)18-20-38)9-6-10-29(31)42-24-30(39)33-21-27(37-15-12-32-13-16-37)23-36-14-11-25-7-4-5-8-26(25)22-36/h4-10,27,32H,11-24H2,1-3H3,(H,33,39). The summed E-state index contributed by atoms with van der Waals surface area (Å²) in [6.07, 6.45) is 1.04. The van der Waals surface area contributed by atoms with Gasteiger partial charge in [-0.05, 0) is 36.7 Å². The van der Waals surface area contributed by atoms with Gasteiger partial charge >= 0.3 is 0 Å². The van der Waals surface area contributed by atoms with Gasteiger partial charge in [-0.2, -0.15) is 0 Å². The number of ether oxygens (including phenoxy) is 1. The van der Waals surface area contributed by atoms with Crippen molar-refractivity contribution in [2.45, 2.75) is 23.9 Å². The first-order chi connectivity index (χ1) is 20.7. The number of piperazine rings is 2. The van der Waals surface area contributed by atoms with E-state index in [-0.39, 0.29) is 29.2 Å². The fraction of sp³-hybridized carbons (Fsp3) is 0.581. The normalized spacial score (nSPS) is 19.7. The highest BCUT2D eigenvalue weighted by molar-refractivity contribution is 7.89. The maximum absolute atomic E-state index is 13.5. The zero-order valence-corrected chi connectivity index (χ0v) is 26.6. The van der Waals surface area contributed by atoms with Crippen molar-refractivity contribution in [2.75, 3.05) is 105 Å². The number of nitrogens with zero attached hydrogens (tertiary/aromatic N) is 5. The number of likely N-dealkylation sites (N-methyl/N-ethyl adjacent to an activating group) is 1. The van der Waals surface area contributed by atoms with Crippen LogP contribution < -0.4 is 20.3 Å². The van der Waals surface area contributed by atoms with Gasteiger partial charge in [-0.25, -0.2) is 12.7 Å². The molecule has 3 aliphatic rings. The van der Waals surface area contributed by atoms with Crippen LogP contribution >= 0.6 is 0 Å². The van der Waals surface area contributed by atoms with E-state index in [1.54, 1.807) is 12.1 Å². The van der Waals surface area contributed by atoms with Crippen LogP contribution in [0.4, 0.5) is 5.69 Å². The molecule has 236 valence electrons. The first kappa shape index (κ1) is 31.7. The molecule has 0 spiro atoms. The molecule has 1 amide bonds. The van der Waals surface area contributed by atoms with E-state index < -0.39 is 10.0 Å². The fourth-order valence-electron chi connectivity index (χ4n) is 6.15. The van der Waals surface area contributed by atoms with Gasteiger partial charge in [-0.3, -0.25) is 14.6 Å². The minimum Gasteiger partial charge on any atom is -0.482 e. The Bertz CT molecular complexity index is 1340. The molecule has 12 heteroatoms. The summed E-state index contributed by atoms with van der Waals surface area (Å²) in [5.41, 5.74) is 3.42. The van der Waals surface area contributed by atoms with E-state index in [0.29, 0.717) is 25.3 Å². The lowest BCUT2D eigenvalue weighted by Gasteiger charge is -2.39. The molecule has 1 unspecified atom stereocenters. The minimum absolute atomic E-state index is 0.112. The van der Waals surface area contributed by atoms with Gasteiger partial charge < -0.3 is 25.2 Å². The molecule has 0 aromatic heterocycles. The number of nitrogens with one attached hydrogen (secondary N) is 2. The number of fused-ring (bicyclic) bond motifs is 1. The van der Waals surface area contributed by atoms with Crippen molar-refractivity contribution in [1.29, 1.82) is 0 Å². The maximum atomic E-state index is 13.5. The average Bonchev–Trinajstić information content (AvgIpc) is 3.02. The average molecular weight is 614 g/mol. The quantitative estimate of drug-likeness (QED) is 0.376. The minimum atomic E-state index is -3.82. The van der Waals surface area contributed by atoms with E-state index in [4.69, 9.17) is 4.74 Å². The Balaban J connectivity index is 1.25. The maximum Gasteiger partial charge on any atom is 0.257 e. The van der Waals surface area contributed by atoms with Crippen LogP contribution in [0.2, 0.25) is 0 Å². The molecule has 1 atom stereocenters. The zero-order valence-electron chi connectivity index (χ0n) is 25.8. The highest BCUT2D eigenvalue weighted by Crippen LogP contribution is 2.36. The summed E-state index contributed by atoms with van der Waals surface area (Å²) >= 11 is 0. The molecule has 3 heterocycles. The van der Waals surface area contributed by atoms with E-state index in [2.05, 4.69) is 61.5 Å². The second-order valence-electron chi connectivity index (χ2n) is 12.0. The molecule has 2 fully saturated rings. The SMILES string of the molecule is CN1CCN(c2cccc(OCC(=O)NCC(CN3CCc4ccccc4C3)N3CCNCC3)c2S(=O)(=O)N(C)C)CC1. The molecule has 0 radical (unpaired) electrons. The largest absolute Gasteiger partial charge is 0.482 e. The third-order valence-corrected chi connectivity index (χ3v) is 10.7. The van der Waals surface area contributed by atoms with Gasteiger partial charge in [0, 0.05) is 98.7 Å². The Morgan fingerprint density at radius 3 is 2.42 bits per heavy atom. The lowest BCUT2D eigenvalue weighted by molar-refractivity contribution is -0.123. The summed E-state index contributed by atoms with van der Waals surface area (Å²) in [5.74, 6) is -0.0618. The van der Waals surface area contributed by atoms with Gasteiger partial charge in [0.2, 0.25) is 10.0 Å². The molecule has 2 saturated heterocycles. The van der Waals surface area contributed by atoms with Gasteiger partial charge in [0.1, 0.15) is 10.6 Å². The van der Waals surface area contributed by atoms with Gasteiger partial charge in [0.05, 0.1) is 5.69 Å². The predicted octanol–water partition coefficient (Wildman–Crippen LogP) is 0.516. The number of anilines is 1. The van der Waals surface area contributed by atoms with E-state index in [1.807, 2.05) is 6.07 Å². The van der Waals surface area contributed by atoms with Gasteiger partial charge in [-0.15, -0.1) is 0 Å². The van der Waals surface area contributed by atoms with Crippen LogP contribution in [0, 0.1) is 0 Å². The third-order valence-electron chi connectivity index (χ3n) is 8.78. The Labute approximate surface area is 256 Å². The molecule has 5 rings (SSSR count). The fourth-order valence-corrected chi connectivity index (χ4v) is 7.35. The van der Waals surface area contributed by atoms with Crippen LogP contribution in [0.5, 0.6) is 5.75 Å². The Morgan fingerprint density at radius 1 is 0.977 bits per heavy atom. The van der Waals surface area contributed by atoms with Gasteiger partial charge in [-0.1, -0.05) is 30.3 Å². The highest BCUT2D eigenvalue weighted by Gasteiger charge is 2.30. The van der Waals surface area contributed by atoms with Crippen molar-refractivity contribution in [2.24, 2.45) is 0 Å². The second-order valence-corrected chi connectivity index (χ2v) is 14.1. The first-order valence-corrected chi connectivity index (χ1v) is 16.8. The Hall–Kier alpha value is -2.74. The monoisotopic (exact) mass is 613 g/mol. The molecule has 2 aromatic carbocycles. The summed E-state index contributed by atoms with van der Waals surface area (Å²) < 4.78 is 34.1. The van der Waals surface area contributed by atoms with Gasteiger partial charge in [0.15, 0.2) is 6.61 Å². The molecule has 2 N–H and O–H groups in total. The predicted molar refractivity (Wildman–Crippen MR) is 169 cm³/mol. The van der Waals surface area contributed by atoms with E-state index in [1.165, 1.54) is 29.5 Å². The van der Waals surface area contributed by atoms with Crippen molar-refractivity contribution in [3.05, 3.63) is 53.6 Å². The lowest BCUT2D eigenvalue weighted by Crippen LogP contribution is -2.56. The Kier molecular flexibility index (Phi) is 10.6. The lowest BCUT2D eigenvalue weighted by atomic mass is 9.99. The molecule has 0 aliphatic carbocycles. The summed E-state index contributed by atoms with van der Waals surface area (Å²) in [6, 6.07) is 14.1. The topological polar surface area (TPSA) is 101 Å². The number of hydrogen-bond donors (Lipinski definition) is 2. The summed E-state index contributed by atoms with van der Waals surface area (Å²) in [4.78, 5) is 22.5. The number of benzene rings is 2. The van der Waals surface area contributed by atoms with Crippen LogP contribution in [0.1, 0.15) is 11.1 Å². The number of carbonyl (C=O) groups is 1. The van der Waals surface area contributed by atoms with Crippen LogP contribution in [0.15, 0.2) is 47.4 Å². The summed E-state index contributed by atoms with van der Waals surface area (Å²) in [5, 5.41) is 6.52. The summed E-state index contributed by atoms with van der Waals surface area (Å²) in [7, 11) is 1.27. The van der Waals surface area contributed by atoms with Crippen molar-refractivity contribution in [1.82, 2.24) is 29.6 Å². The Morgan fingerprint density at radius 2 is 1.70 bits per heavy atom. The number of sulfonamides is 1. The van der Waals surface area contributed by atoms with Crippen LogP contribution in [0.3, 0.4) is 0 Å². The molecule has 2 aromatic rings. The van der Waals surface area contributed by atoms with E-state index >= 15 is 0 Å².